The van der Waals surface area contributed by atoms with Gasteiger partial charge in [-0.25, -0.2) is 4.68 Å². The lowest BCUT2D eigenvalue weighted by Gasteiger charge is -2.22. The van der Waals surface area contributed by atoms with Gasteiger partial charge < -0.3 is 5.32 Å². The van der Waals surface area contributed by atoms with Crippen LogP contribution in [0.15, 0.2) is 6.20 Å². The van der Waals surface area contributed by atoms with E-state index in [2.05, 4.69) is 41.1 Å². The number of nitrogens with one attached hydrogen (secondary N) is 1. The Hall–Kier alpha value is -0.900. The Morgan fingerprint density at radius 1 is 1.33 bits per heavy atom. The summed E-state index contributed by atoms with van der Waals surface area (Å²) in [5.74, 6) is 1.31. The summed E-state index contributed by atoms with van der Waals surface area (Å²) in [6, 6.07) is 0.667. The van der Waals surface area contributed by atoms with Crippen molar-refractivity contribution in [2.75, 3.05) is 6.54 Å². The van der Waals surface area contributed by atoms with Crippen molar-refractivity contribution in [1.29, 1.82) is 0 Å². The fourth-order valence-corrected chi connectivity index (χ4v) is 3.14. The van der Waals surface area contributed by atoms with Crippen molar-refractivity contribution in [1.82, 2.24) is 20.3 Å². The van der Waals surface area contributed by atoms with Crippen LogP contribution in [0.2, 0.25) is 0 Å². The van der Waals surface area contributed by atoms with Crippen molar-refractivity contribution in [3.63, 3.8) is 0 Å². The van der Waals surface area contributed by atoms with Gasteiger partial charge in [0.2, 0.25) is 0 Å². The maximum atomic E-state index is 4.22. The highest BCUT2D eigenvalue weighted by atomic mass is 15.4. The van der Waals surface area contributed by atoms with E-state index in [1.807, 2.05) is 6.20 Å². The van der Waals surface area contributed by atoms with Crippen molar-refractivity contribution in [2.24, 2.45) is 5.92 Å². The molecule has 2 rings (SSSR count). The smallest absolute Gasteiger partial charge is 0.0728 e. The second kappa shape index (κ2) is 6.32. The van der Waals surface area contributed by atoms with Crippen molar-refractivity contribution >= 4 is 0 Å². The summed E-state index contributed by atoms with van der Waals surface area (Å²) in [4.78, 5) is 0. The fourth-order valence-electron chi connectivity index (χ4n) is 3.14. The number of hydrogen-bond acceptors (Lipinski definition) is 3. The zero-order valence-electron chi connectivity index (χ0n) is 11.9. The minimum atomic E-state index is 0.626. The Morgan fingerprint density at radius 3 is 2.89 bits per heavy atom. The lowest BCUT2D eigenvalue weighted by molar-refractivity contribution is 0.391. The van der Waals surface area contributed by atoms with Crippen LogP contribution >= 0.6 is 0 Å². The molecule has 1 heterocycles. The Balaban J connectivity index is 2.03. The highest BCUT2D eigenvalue weighted by molar-refractivity contribution is 5.10. The minimum absolute atomic E-state index is 0.626. The lowest BCUT2D eigenvalue weighted by Crippen LogP contribution is -2.33. The predicted molar refractivity (Wildman–Crippen MR) is 73.5 cm³/mol. The van der Waals surface area contributed by atoms with Crippen LogP contribution in [0.1, 0.15) is 58.1 Å². The van der Waals surface area contributed by atoms with Gasteiger partial charge in [-0.3, -0.25) is 0 Å². The predicted octanol–water partition coefficient (Wildman–Crippen LogP) is 2.57. The SMILES string of the molecule is CCCNC1CCC(c2cnnn2CCC)C1C. The molecule has 18 heavy (non-hydrogen) atoms. The summed E-state index contributed by atoms with van der Waals surface area (Å²) in [5.41, 5.74) is 1.34. The fraction of sp³-hybridized carbons (Fsp3) is 0.857. The van der Waals surface area contributed by atoms with Gasteiger partial charge in [0.15, 0.2) is 0 Å². The van der Waals surface area contributed by atoms with E-state index in [9.17, 15) is 0 Å². The van der Waals surface area contributed by atoms with Crippen LogP contribution in [0.25, 0.3) is 0 Å². The average molecular weight is 250 g/mol. The summed E-state index contributed by atoms with van der Waals surface area (Å²) in [7, 11) is 0. The summed E-state index contributed by atoms with van der Waals surface area (Å²) < 4.78 is 2.10. The first-order valence-electron chi connectivity index (χ1n) is 7.39. The zero-order valence-corrected chi connectivity index (χ0v) is 11.9. The third-order valence-electron chi connectivity index (χ3n) is 4.18. The van der Waals surface area contributed by atoms with Crippen molar-refractivity contribution in [3.8, 4) is 0 Å². The van der Waals surface area contributed by atoms with E-state index in [1.54, 1.807) is 0 Å². The van der Waals surface area contributed by atoms with Crippen LogP contribution in [-0.2, 0) is 6.54 Å². The van der Waals surface area contributed by atoms with E-state index in [-0.39, 0.29) is 0 Å². The zero-order chi connectivity index (χ0) is 13.0. The van der Waals surface area contributed by atoms with Gasteiger partial charge in [-0.05, 0) is 38.1 Å². The lowest BCUT2D eigenvalue weighted by atomic mass is 9.93. The molecule has 0 amide bonds. The van der Waals surface area contributed by atoms with Crippen LogP contribution < -0.4 is 5.32 Å². The molecule has 0 spiro atoms. The summed E-state index contributed by atoms with van der Waals surface area (Å²) in [6.45, 7) is 8.91. The molecule has 4 nitrogen and oxygen atoms in total. The van der Waals surface area contributed by atoms with E-state index in [0.29, 0.717) is 17.9 Å². The molecule has 0 aromatic carbocycles. The first-order valence-corrected chi connectivity index (χ1v) is 7.39. The van der Waals surface area contributed by atoms with Gasteiger partial charge in [0.05, 0.1) is 11.9 Å². The first-order chi connectivity index (χ1) is 8.77. The van der Waals surface area contributed by atoms with Crippen LogP contribution in [0.3, 0.4) is 0 Å². The quantitative estimate of drug-likeness (QED) is 0.844. The minimum Gasteiger partial charge on any atom is -0.314 e. The molecule has 102 valence electrons. The Kier molecular flexibility index (Phi) is 4.75. The Bertz CT molecular complexity index is 360. The van der Waals surface area contributed by atoms with Gasteiger partial charge in [0, 0.05) is 18.5 Å². The molecule has 1 N–H and O–H groups in total. The largest absolute Gasteiger partial charge is 0.314 e. The summed E-state index contributed by atoms with van der Waals surface area (Å²) in [6.07, 6.45) is 6.85. The molecule has 3 unspecified atom stereocenters. The standard InChI is InChI=1S/C14H26N4/c1-4-8-15-13-7-6-12(11(13)3)14-10-16-17-18(14)9-5-2/h10-13,15H,4-9H2,1-3H3. The highest BCUT2D eigenvalue weighted by Gasteiger charge is 2.35. The Labute approximate surface area is 110 Å². The second-order valence-corrected chi connectivity index (χ2v) is 5.49. The molecular weight excluding hydrogens is 224 g/mol. The molecule has 1 aliphatic rings. The van der Waals surface area contributed by atoms with Crippen LogP contribution in [0.4, 0.5) is 0 Å². The third-order valence-corrected chi connectivity index (χ3v) is 4.18. The summed E-state index contributed by atoms with van der Waals surface area (Å²) >= 11 is 0. The second-order valence-electron chi connectivity index (χ2n) is 5.49. The van der Waals surface area contributed by atoms with E-state index >= 15 is 0 Å². The third kappa shape index (κ3) is 2.74. The molecule has 1 aromatic rings. The topological polar surface area (TPSA) is 42.7 Å². The molecule has 0 bridgehead atoms. The number of hydrogen-bond donors (Lipinski definition) is 1. The van der Waals surface area contributed by atoms with Crippen LogP contribution in [-0.4, -0.2) is 27.6 Å². The number of aryl methyl sites for hydroxylation is 1. The van der Waals surface area contributed by atoms with Crippen LogP contribution in [0.5, 0.6) is 0 Å². The number of aromatic nitrogens is 3. The molecule has 1 fully saturated rings. The molecule has 0 saturated heterocycles. The molecule has 0 aliphatic heterocycles. The van der Waals surface area contributed by atoms with Crippen molar-refractivity contribution in [2.45, 2.75) is 65.0 Å². The molecule has 3 atom stereocenters. The maximum absolute atomic E-state index is 4.22. The van der Waals surface area contributed by atoms with Gasteiger partial charge in [0.1, 0.15) is 0 Å². The summed E-state index contributed by atoms with van der Waals surface area (Å²) in [5, 5.41) is 12.0. The van der Waals surface area contributed by atoms with Gasteiger partial charge in [-0.15, -0.1) is 5.10 Å². The maximum Gasteiger partial charge on any atom is 0.0728 e. The number of nitrogens with zero attached hydrogens (tertiary/aromatic N) is 3. The van der Waals surface area contributed by atoms with E-state index in [0.717, 1.165) is 19.5 Å². The average Bonchev–Trinajstić information content (AvgIpc) is 2.94. The monoisotopic (exact) mass is 250 g/mol. The van der Waals surface area contributed by atoms with Gasteiger partial charge >= 0.3 is 0 Å². The molecular formula is C14H26N4. The molecule has 1 aromatic heterocycles. The molecule has 1 saturated carbocycles. The van der Waals surface area contributed by atoms with Crippen molar-refractivity contribution < 1.29 is 0 Å². The highest BCUT2D eigenvalue weighted by Crippen LogP contribution is 2.39. The van der Waals surface area contributed by atoms with Crippen LogP contribution in [0, 0.1) is 5.92 Å². The van der Waals surface area contributed by atoms with Gasteiger partial charge in [0.25, 0.3) is 0 Å². The van der Waals surface area contributed by atoms with Gasteiger partial charge in [-0.2, -0.15) is 0 Å². The normalized spacial score (nSPS) is 27.8. The van der Waals surface area contributed by atoms with Gasteiger partial charge in [-0.1, -0.05) is 26.0 Å². The molecule has 4 heteroatoms. The van der Waals surface area contributed by atoms with E-state index in [4.69, 9.17) is 0 Å². The van der Waals surface area contributed by atoms with Crippen molar-refractivity contribution in [3.05, 3.63) is 11.9 Å². The Morgan fingerprint density at radius 2 is 2.17 bits per heavy atom. The van der Waals surface area contributed by atoms with E-state index in [1.165, 1.54) is 25.0 Å². The first kappa shape index (κ1) is 13.5. The molecule has 0 radical (unpaired) electrons. The van der Waals surface area contributed by atoms with E-state index < -0.39 is 0 Å². The number of rotatable bonds is 6. The molecule has 1 aliphatic carbocycles.